The maximum Gasteiger partial charge on any atom is 0.393 e. The number of guanidine groups is 2. The van der Waals surface area contributed by atoms with Gasteiger partial charge in [-0.05, 0) is 32.7 Å². The van der Waals surface area contributed by atoms with Crippen LogP contribution in [-0.4, -0.2) is 83.6 Å². The number of hydrogen-bond donors (Lipinski definition) is 0. The van der Waals surface area contributed by atoms with E-state index in [9.17, 15) is 0 Å². The van der Waals surface area contributed by atoms with Crippen LogP contribution in [0.2, 0.25) is 0 Å². The second kappa shape index (κ2) is 4.69. The van der Waals surface area contributed by atoms with Crippen LogP contribution in [0.15, 0.2) is 4.99 Å². The molecule has 0 aliphatic carbocycles. The first-order valence-electron chi connectivity index (χ1n) is 7.14. The third-order valence-corrected chi connectivity index (χ3v) is 5.30. The van der Waals surface area contributed by atoms with Crippen molar-refractivity contribution in [1.82, 2.24) is 14.7 Å². The van der Waals surface area contributed by atoms with Crippen molar-refractivity contribution < 1.29 is 4.58 Å². The zero-order chi connectivity index (χ0) is 14.5. The highest BCUT2D eigenvalue weighted by Gasteiger charge is 2.42. The summed E-state index contributed by atoms with van der Waals surface area (Å²) in [5, 5.41) is 0. The van der Waals surface area contributed by atoms with Crippen molar-refractivity contribution in [3.8, 4) is 0 Å². The minimum absolute atomic E-state index is 0.496. The Balaban J connectivity index is 2.37. The molecule has 19 heavy (non-hydrogen) atoms. The van der Waals surface area contributed by atoms with E-state index in [2.05, 4.69) is 75.2 Å². The lowest BCUT2D eigenvalue weighted by molar-refractivity contribution is -0.527. The van der Waals surface area contributed by atoms with E-state index >= 15 is 0 Å². The largest absolute Gasteiger partial charge is 0.393 e. The highest BCUT2D eigenvalue weighted by Crippen LogP contribution is 2.21. The molecule has 0 saturated carbocycles. The number of rotatable bonds is 0. The van der Waals surface area contributed by atoms with Gasteiger partial charge < -0.3 is 9.80 Å². The molecule has 108 valence electrons. The van der Waals surface area contributed by atoms with E-state index in [0.29, 0.717) is 24.2 Å². The van der Waals surface area contributed by atoms with Crippen LogP contribution in [0, 0.1) is 0 Å². The first-order valence-corrected chi connectivity index (χ1v) is 7.14. The second-order valence-corrected chi connectivity index (χ2v) is 6.12. The predicted molar refractivity (Wildman–Crippen MR) is 79.8 cm³/mol. The van der Waals surface area contributed by atoms with Crippen LogP contribution in [0.25, 0.3) is 0 Å². The molecule has 2 heterocycles. The standard InChI is InChI=1S/C14H28N5/c1-9-10(2)17(6)13(16(9)5)15-14-18(7)11(3)12(4)19(14)8/h9-12H,1-8H3/q+1/t9-,10-,11-,12-/m0/s1. The van der Waals surface area contributed by atoms with Crippen molar-refractivity contribution in [1.29, 1.82) is 0 Å². The zero-order valence-electron chi connectivity index (χ0n) is 13.5. The lowest BCUT2D eigenvalue weighted by Gasteiger charge is -2.16. The van der Waals surface area contributed by atoms with Gasteiger partial charge >= 0.3 is 5.96 Å². The molecule has 0 aromatic heterocycles. The van der Waals surface area contributed by atoms with Gasteiger partial charge in [-0.2, -0.15) is 0 Å². The smallest absolute Gasteiger partial charge is 0.327 e. The summed E-state index contributed by atoms with van der Waals surface area (Å²) >= 11 is 0. The van der Waals surface area contributed by atoms with Gasteiger partial charge in [0.05, 0.1) is 26.2 Å². The maximum atomic E-state index is 4.94. The molecule has 1 saturated heterocycles. The number of nitrogens with zero attached hydrogens (tertiary/aromatic N) is 5. The molecule has 0 amide bonds. The molecule has 0 radical (unpaired) electrons. The fraction of sp³-hybridized carbons (Fsp3) is 0.857. The Morgan fingerprint density at radius 1 is 0.842 bits per heavy atom. The molecule has 1 fully saturated rings. The molecule has 2 aliphatic rings. The minimum Gasteiger partial charge on any atom is -0.327 e. The molecule has 4 atom stereocenters. The third kappa shape index (κ3) is 1.99. The van der Waals surface area contributed by atoms with E-state index in [1.807, 2.05) is 0 Å². The molecule has 0 unspecified atom stereocenters. The van der Waals surface area contributed by atoms with Gasteiger partial charge in [0.2, 0.25) is 0 Å². The monoisotopic (exact) mass is 266 g/mol. The Morgan fingerprint density at radius 2 is 1.32 bits per heavy atom. The van der Waals surface area contributed by atoms with Gasteiger partial charge in [0.15, 0.2) is 0 Å². The topological polar surface area (TPSA) is 25.1 Å². The van der Waals surface area contributed by atoms with Crippen molar-refractivity contribution in [3.63, 3.8) is 0 Å². The van der Waals surface area contributed by atoms with Gasteiger partial charge in [-0.3, -0.25) is 9.48 Å². The minimum atomic E-state index is 0.496. The maximum absolute atomic E-state index is 4.94. The molecular weight excluding hydrogens is 238 g/mol. The van der Waals surface area contributed by atoms with E-state index in [4.69, 9.17) is 4.99 Å². The van der Waals surface area contributed by atoms with Crippen LogP contribution in [0.5, 0.6) is 0 Å². The van der Waals surface area contributed by atoms with Crippen molar-refractivity contribution >= 4 is 11.9 Å². The first-order chi connectivity index (χ1) is 8.77. The average molecular weight is 266 g/mol. The SMILES string of the molecule is C[C@H]1[C@H](C)N(C)C(=NC2=[N+](C)[C@@H](C)[C@H](C)N2C)N1C. The van der Waals surface area contributed by atoms with Crippen molar-refractivity contribution in [2.45, 2.75) is 51.9 Å². The summed E-state index contributed by atoms with van der Waals surface area (Å²) in [4.78, 5) is 11.8. The molecule has 5 nitrogen and oxygen atoms in total. The number of hydrogen-bond acceptors (Lipinski definition) is 2. The fourth-order valence-electron chi connectivity index (χ4n) is 2.93. The lowest BCUT2D eigenvalue weighted by Crippen LogP contribution is -2.36. The van der Waals surface area contributed by atoms with Crippen LogP contribution in [0.4, 0.5) is 0 Å². The molecule has 0 spiro atoms. The van der Waals surface area contributed by atoms with Gasteiger partial charge in [-0.1, -0.05) is 0 Å². The lowest BCUT2D eigenvalue weighted by atomic mass is 10.2. The van der Waals surface area contributed by atoms with Crippen LogP contribution in [-0.2, 0) is 0 Å². The van der Waals surface area contributed by atoms with E-state index in [1.54, 1.807) is 0 Å². The Kier molecular flexibility index (Phi) is 3.49. The van der Waals surface area contributed by atoms with Crippen LogP contribution < -0.4 is 0 Å². The van der Waals surface area contributed by atoms with Gasteiger partial charge in [-0.25, -0.2) is 0 Å². The summed E-state index contributed by atoms with van der Waals surface area (Å²) in [5.41, 5.74) is 0. The number of likely N-dealkylation sites (N-methyl/N-ethyl adjacent to an activating group) is 4. The summed E-state index contributed by atoms with van der Waals surface area (Å²) in [6.07, 6.45) is 0. The van der Waals surface area contributed by atoms with Crippen LogP contribution >= 0.6 is 0 Å². The molecule has 0 N–H and O–H groups in total. The molecule has 2 aliphatic heterocycles. The van der Waals surface area contributed by atoms with Crippen molar-refractivity contribution in [2.75, 3.05) is 28.2 Å². The molecular formula is C14H28N5+. The van der Waals surface area contributed by atoms with Crippen LogP contribution in [0.1, 0.15) is 27.7 Å². The average Bonchev–Trinajstić information content (AvgIpc) is 2.68. The fourth-order valence-corrected chi connectivity index (χ4v) is 2.93. The van der Waals surface area contributed by atoms with Crippen molar-refractivity contribution in [3.05, 3.63) is 0 Å². The molecule has 5 heteroatoms. The summed E-state index contributed by atoms with van der Waals surface area (Å²) in [7, 11) is 8.52. The van der Waals surface area contributed by atoms with Crippen LogP contribution in [0.3, 0.4) is 0 Å². The summed E-state index contributed by atoms with van der Waals surface area (Å²) < 4.78 is 2.27. The second-order valence-electron chi connectivity index (χ2n) is 6.12. The first kappa shape index (κ1) is 14.2. The highest BCUT2D eigenvalue weighted by atomic mass is 15.5. The molecule has 0 bridgehead atoms. The van der Waals surface area contributed by atoms with E-state index in [-0.39, 0.29) is 0 Å². The highest BCUT2D eigenvalue weighted by molar-refractivity contribution is 5.94. The van der Waals surface area contributed by atoms with Gasteiger partial charge in [-0.15, -0.1) is 0 Å². The van der Waals surface area contributed by atoms with E-state index in [1.165, 1.54) is 0 Å². The van der Waals surface area contributed by atoms with E-state index in [0.717, 1.165) is 11.9 Å². The molecule has 2 rings (SSSR count). The third-order valence-electron chi connectivity index (χ3n) is 5.30. The molecule has 0 aromatic rings. The quantitative estimate of drug-likeness (QED) is 0.604. The normalized spacial score (nSPS) is 35.8. The summed E-state index contributed by atoms with van der Waals surface area (Å²) in [5.74, 6) is 2.13. The van der Waals surface area contributed by atoms with E-state index < -0.39 is 0 Å². The van der Waals surface area contributed by atoms with Gasteiger partial charge in [0.1, 0.15) is 12.1 Å². The van der Waals surface area contributed by atoms with Gasteiger partial charge in [0.25, 0.3) is 5.96 Å². The zero-order valence-corrected chi connectivity index (χ0v) is 13.5. The summed E-state index contributed by atoms with van der Waals surface area (Å²) in [6, 6.07) is 1.99. The van der Waals surface area contributed by atoms with Crippen molar-refractivity contribution in [2.24, 2.45) is 4.99 Å². The Morgan fingerprint density at radius 3 is 1.68 bits per heavy atom. The van der Waals surface area contributed by atoms with Gasteiger partial charge in [0, 0.05) is 14.1 Å². The summed E-state index contributed by atoms with van der Waals surface area (Å²) in [6.45, 7) is 9.01. The Labute approximate surface area is 117 Å². The molecule has 0 aromatic carbocycles. The Bertz CT molecular complexity index is 412. The Hall–Kier alpha value is -1.26. The predicted octanol–water partition coefficient (Wildman–Crippen LogP) is 0.717. The number of aliphatic imine (C=N–C) groups is 1.